The zero-order valence-electron chi connectivity index (χ0n) is 17.0. The number of carbonyl (C=O) groups excluding carboxylic acids is 2. The van der Waals surface area contributed by atoms with Gasteiger partial charge in [-0.3, -0.25) is 19.7 Å². The first-order valence-corrected chi connectivity index (χ1v) is 11.2. The molecule has 2 aliphatic heterocycles. The summed E-state index contributed by atoms with van der Waals surface area (Å²) in [5.41, 5.74) is 2.65. The summed E-state index contributed by atoms with van der Waals surface area (Å²) in [4.78, 5) is 32.5. The van der Waals surface area contributed by atoms with Gasteiger partial charge >= 0.3 is 6.18 Å². The molecule has 2 aliphatic rings. The number of thiophene rings is 1. The summed E-state index contributed by atoms with van der Waals surface area (Å²) in [6.07, 6.45) is -7.58. The largest absolute Gasteiger partial charge is 0.430 e. The minimum Gasteiger partial charge on any atom is -0.377 e. The van der Waals surface area contributed by atoms with Crippen LogP contribution in [0.3, 0.4) is 0 Å². The topological polar surface area (TPSA) is 91.9 Å². The van der Waals surface area contributed by atoms with Crippen LogP contribution in [0.15, 0.2) is 36.4 Å². The third-order valence-electron chi connectivity index (χ3n) is 5.15. The van der Waals surface area contributed by atoms with Crippen LogP contribution in [0.2, 0.25) is 5.02 Å². The van der Waals surface area contributed by atoms with Gasteiger partial charge in [0.1, 0.15) is 6.17 Å². The highest BCUT2D eigenvalue weighted by molar-refractivity contribution is 7.14. The number of hydrogen-bond donors (Lipinski definition) is 3. The fourth-order valence-corrected chi connectivity index (χ4v) is 4.61. The summed E-state index contributed by atoms with van der Waals surface area (Å²) in [5.74, 6) is -0.660. The number of amides is 2. The van der Waals surface area contributed by atoms with E-state index in [9.17, 15) is 22.8 Å². The molecule has 0 spiro atoms. The monoisotopic (exact) mass is 504 g/mol. The van der Waals surface area contributed by atoms with Gasteiger partial charge in [0.2, 0.25) is 6.23 Å². The lowest BCUT2D eigenvalue weighted by Crippen LogP contribution is -2.53. The van der Waals surface area contributed by atoms with Crippen molar-refractivity contribution in [3.8, 4) is 0 Å². The smallest absolute Gasteiger partial charge is 0.377 e. The molecule has 13 heteroatoms. The average molecular weight is 505 g/mol. The first-order valence-electron chi connectivity index (χ1n) is 9.99. The Kier molecular flexibility index (Phi) is 7.22. The van der Waals surface area contributed by atoms with Crippen molar-refractivity contribution in [2.75, 3.05) is 26.3 Å². The number of carbonyl (C=O) groups is 2. The Morgan fingerprint density at radius 3 is 2.76 bits per heavy atom. The molecule has 3 atom stereocenters. The quantitative estimate of drug-likeness (QED) is 0.580. The molecule has 2 saturated heterocycles. The van der Waals surface area contributed by atoms with Crippen LogP contribution in [0.25, 0.3) is 0 Å². The van der Waals surface area contributed by atoms with Crippen molar-refractivity contribution in [1.29, 1.82) is 0 Å². The van der Waals surface area contributed by atoms with E-state index < -0.39 is 30.5 Å². The first kappa shape index (κ1) is 23.9. The van der Waals surface area contributed by atoms with Gasteiger partial charge in [-0.05, 0) is 24.3 Å². The summed E-state index contributed by atoms with van der Waals surface area (Å²) in [6, 6.07) is 9.40. The second kappa shape index (κ2) is 9.95. The summed E-state index contributed by atoms with van der Waals surface area (Å²) < 4.78 is 43.7. The average Bonchev–Trinajstić information content (AvgIpc) is 3.47. The summed E-state index contributed by atoms with van der Waals surface area (Å²) in [5, 5.41) is 5.38. The lowest BCUT2D eigenvalue weighted by Gasteiger charge is -2.35. The lowest BCUT2D eigenvalue weighted by molar-refractivity contribution is -0.224. The second-order valence-electron chi connectivity index (χ2n) is 7.38. The molecule has 8 nitrogen and oxygen atoms in total. The number of nitrogens with zero attached hydrogens (tertiary/aromatic N) is 1. The molecule has 0 saturated carbocycles. The standard InChI is InChI=1S/C20H20ClF3N4O4S/c21-13-4-2-1-3-12(13)18(30)28-7-8-31-10-11(28)9-25-17(29)15-6-5-14(33-15)16-26-19(32-27-16)20(22,23)24/h1-6,11,16,19,26-27H,7-10H2,(H,25,29). The maximum Gasteiger partial charge on any atom is 0.430 e. The number of rotatable bonds is 5. The molecule has 2 fully saturated rings. The lowest BCUT2D eigenvalue weighted by atomic mass is 10.1. The van der Waals surface area contributed by atoms with E-state index in [-0.39, 0.29) is 19.1 Å². The molecular weight excluding hydrogens is 485 g/mol. The molecule has 0 aliphatic carbocycles. The summed E-state index contributed by atoms with van der Waals surface area (Å²) >= 11 is 7.18. The Balaban J connectivity index is 1.36. The van der Waals surface area contributed by atoms with E-state index in [1.54, 1.807) is 35.2 Å². The van der Waals surface area contributed by atoms with Crippen molar-refractivity contribution in [2.24, 2.45) is 0 Å². The molecular formula is C20H20ClF3N4O4S. The van der Waals surface area contributed by atoms with E-state index in [1.165, 1.54) is 6.07 Å². The van der Waals surface area contributed by atoms with Gasteiger partial charge in [0.15, 0.2) is 0 Å². The first-order chi connectivity index (χ1) is 15.7. The highest BCUT2D eigenvalue weighted by Gasteiger charge is 2.46. The molecule has 178 valence electrons. The van der Waals surface area contributed by atoms with Gasteiger partial charge in [-0.1, -0.05) is 23.7 Å². The molecule has 2 aromatic rings. The van der Waals surface area contributed by atoms with Crippen molar-refractivity contribution >= 4 is 34.8 Å². The Morgan fingerprint density at radius 2 is 2.03 bits per heavy atom. The molecule has 3 heterocycles. The molecule has 1 aromatic carbocycles. The molecule has 3 unspecified atom stereocenters. The van der Waals surface area contributed by atoms with Crippen LogP contribution in [-0.4, -0.2) is 61.5 Å². The summed E-state index contributed by atoms with van der Waals surface area (Å²) in [7, 11) is 0. The van der Waals surface area contributed by atoms with E-state index in [4.69, 9.17) is 16.3 Å². The van der Waals surface area contributed by atoms with Gasteiger partial charge in [-0.15, -0.1) is 11.3 Å². The van der Waals surface area contributed by atoms with E-state index in [0.29, 0.717) is 33.5 Å². The van der Waals surface area contributed by atoms with Gasteiger partial charge in [-0.25, -0.2) is 0 Å². The van der Waals surface area contributed by atoms with Gasteiger partial charge in [0.25, 0.3) is 11.8 Å². The second-order valence-corrected chi connectivity index (χ2v) is 8.90. The van der Waals surface area contributed by atoms with E-state index in [1.807, 2.05) is 0 Å². The highest BCUT2D eigenvalue weighted by Crippen LogP contribution is 2.30. The van der Waals surface area contributed by atoms with Crippen molar-refractivity contribution in [3.05, 3.63) is 56.7 Å². The minimum atomic E-state index is -4.56. The third-order valence-corrected chi connectivity index (χ3v) is 6.62. The van der Waals surface area contributed by atoms with Crippen LogP contribution in [0.1, 0.15) is 31.1 Å². The fourth-order valence-electron chi connectivity index (χ4n) is 3.47. The number of morpholine rings is 1. The van der Waals surface area contributed by atoms with Crippen LogP contribution in [-0.2, 0) is 9.57 Å². The van der Waals surface area contributed by atoms with Crippen LogP contribution in [0, 0.1) is 0 Å². The van der Waals surface area contributed by atoms with E-state index >= 15 is 0 Å². The molecule has 33 heavy (non-hydrogen) atoms. The van der Waals surface area contributed by atoms with Crippen LogP contribution >= 0.6 is 22.9 Å². The molecule has 1 aromatic heterocycles. The van der Waals surface area contributed by atoms with Gasteiger partial charge in [0.05, 0.1) is 34.7 Å². The molecule has 0 radical (unpaired) electrons. The minimum absolute atomic E-state index is 0.140. The zero-order valence-corrected chi connectivity index (χ0v) is 18.6. The molecule has 3 N–H and O–H groups in total. The maximum absolute atomic E-state index is 13.0. The molecule has 0 bridgehead atoms. The number of ether oxygens (including phenoxy) is 1. The Hall–Kier alpha value is -2.22. The number of nitrogens with one attached hydrogen (secondary N) is 3. The van der Waals surface area contributed by atoms with Gasteiger partial charge < -0.3 is 15.0 Å². The SMILES string of the molecule is O=C(NCC1COCCN1C(=O)c1ccccc1Cl)c1ccc(C2NOC(C(F)(F)F)N2)s1. The Morgan fingerprint density at radius 1 is 1.24 bits per heavy atom. The predicted octanol–water partition coefficient (Wildman–Crippen LogP) is 2.68. The number of benzene rings is 1. The van der Waals surface area contributed by atoms with Crippen molar-refractivity contribution < 1.29 is 32.3 Å². The summed E-state index contributed by atoms with van der Waals surface area (Å²) in [6.45, 7) is 1.12. The van der Waals surface area contributed by atoms with Gasteiger partial charge in [0, 0.05) is 18.0 Å². The van der Waals surface area contributed by atoms with Crippen molar-refractivity contribution in [3.63, 3.8) is 0 Å². The molecule has 4 rings (SSSR count). The van der Waals surface area contributed by atoms with Crippen molar-refractivity contribution in [2.45, 2.75) is 24.6 Å². The third kappa shape index (κ3) is 5.48. The van der Waals surface area contributed by atoms with Crippen molar-refractivity contribution in [1.82, 2.24) is 21.0 Å². The Bertz CT molecular complexity index is 1020. The maximum atomic E-state index is 13.0. The Labute approximate surface area is 195 Å². The zero-order chi connectivity index (χ0) is 23.6. The van der Waals surface area contributed by atoms with E-state index in [0.717, 1.165) is 11.3 Å². The number of hydroxylamine groups is 1. The van der Waals surface area contributed by atoms with Gasteiger partial charge in [-0.2, -0.15) is 18.7 Å². The van der Waals surface area contributed by atoms with Crippen LogP contribution < -0.4 is 16.1 Å². The predicted molar refractivity (Wildman–Crippen MR) is 114 cm³/mol. The number of hydrogen-bond acceptors (Lipinski definition) is 7. The van der Waals surface area contributed by atoms with E-state index in [2.05, 4.69) is 21.0 Å². The normalized spacial score (nSPS) is 23.5. The number of alkyl halides is 3. The fraction of sp³-hybridized carbons (Fsp3) is 0.400. The highest BCUT2D eigenvalue weighted by atomic mass is 35.5. The molecule has 2 amide bonds. The number of halogens is 4. The van der Waals surface area contributed by atoms with Crippen LogP contribution in [0.5, 0.6) is 0 Å². The van der Waals surface area contributed by atoms with Crippen LogP contribution in [0.4, 0.5) is 13.2 Å².